The summed E-state index contributed by atoms with van der Waals surface area (Å²) in [7, 11) is -3.22. The highest BCUT2D eigenvalue weighted by molar-refractivity contribution is 7.89. The molecule has 0 aromatic heterocycles. The first-order valence-electron chi connectivity index (χ1n) is 11.2. The Morgan fingerprint density at radius 2 is 1.42 bits per heavy atom. The molecular formula is C22H38NO2S. The van der Waals surface area contributed by atoms with Gasteiger partial charge in [0.2, 0.25) is 10.0 Å². The van der Waals surface area contributed by atoms with Gasteiger partial charge in [0.25, 0.3) is 0 Å². The molecule has 3 nitrogen and oxygen atoms in total. The van der Waals surface area contributed by atoms with Crippen LogP contribution >= 0.6 is 0 Å². The molecule has 0 heterocycles. The molecule has 149 valence electrons. The molecule has 2 unspecified atom stereocenters. The largest absolute Gasteiger partial charge is 0.215 e. The fraction of sp³-hybridized carbons (Fsp3) is 0.955. The zero-order chi connectivity index (χ0) is 18.4. The molecule has 2 bridgehead atoms. The van der Waals surface area contributed by atoms with Gasteiger partial charge >= 0.3 is 0 Å². The normalized spacial score (nSPS) is 36.0. The van der Waals surface area contributed by atoms with Crippen LogP contribution in [0.4, 0.5) is 0 Å². The van der Waals surface area contributed by atoms with Gasteiger partial charge in [-0.3, -0.25) is 0 Å². The molecule has 4 rings (SSSR count). The minimum absolute atomic E-state index is 0.0852. The molecule has 4 saturated carbocycles. The van der Waals surface area contributed by atoms with Crippen LogP contribution in [-0.2, 0) is 10.0 Å². The smallest absolute Gasteiger partial charge is 0.212 e. The van der Waals surface area contributed by atoms with Crippen molar-refractivity contribution in [3.05, 3.63) is 6.42 Å². The second-order valence-corrected chi connectivity index (χ2v) is 12.1. The number of hydrogen-bond donors (Lipinski definition) is 0. The molecule has 0 aliphatic heterocycles. The van der Waals surface area contributed by atoms with Crippen LogP contribution in [0.5, 0.6) is 0 Å². The Kier molecular flexibility index (Phi) is 5.22. The molecule has 1 radical (unpaired) electrons. The van der Waals surface area contributed by atoms with Gasteiger partial charge in [-0.05, 0) is 68.1 Å². The van der Waals surface area contributed by atoms with Gasteiger partial charge in [0.05, 0.1) is 5.75 Å². The molecule has 26 heavy (non-hydrogen) atoms. The van der Waals surface area contributed by atoms with E-state index in [4.69, 9.17) is 0 Å². The van der Waals surface area contributed by atoms with Crippen LogP contribution < -0.4 is 0 Å². The van der Waals surface area contributed by atoms with Crippen molar-refractivity contribution in [2.24, 2.45) is 16.7 Å². The fourth-order valence-corrected chi connectivity index (χ4v) is 9.57. The first-order valence-corrected chi connectivity index (χ1v) is 12.8. The summed E-state index contributed by atoms with van der Waals surface area (Å²) in [6.07, 6.45) is 17.5. The van der Waals surface area contributed by atoms with Crippen LogP contribution in [-0.4, -0.2) is 30.6 Å². The molecule has 4 aliphatic carbocycles. The quantitative estimate of drug-likeness (QED) is 0.648. The van der Waals surface area contributed by atoms with E-state index >= 15 is 0 Å². The van der Waals surface area contributed by atoms with Gasteiger partial charge in [0.15, 0.2) is 0 Å². The minimum Gasteiger partial charge on any atom is -0.212 e. The van der Waals surface area contributed by atoms with E-state index in [0.29, 0.717) is 11.7 Å². The summed E-state index contributed by atoms with van der Waals surface area (Å²) in [5, 5.41) is 0. The Hall–Kier alpha value is -0.0900. The summed E-state index contributed by atoms with van der Waals surface area (Å²) < 4.78 is 29.8. The highest BCUT2D eigenvalue weighted by Gasteiger charge is 2.61. The number of sulfonamides is 1. The van der Waals surface area contributed by atoms with Crippen molar-refractivity contribution in [1.29, 1.82) is 0 Å². The van der Waals surface area contributed by atoms with Crippen LogP contribution in [0.1, 0.15) is 97.3 Å². The average Bonchev–Trinajstić information content (AvgIpc) is 3.00. The predicted octanol–water partition coefficient (Wildman–Crippen LogP) is 5.31. The van der Waals surface area contributed by atoms with E-state index in [9.17, 15) is 8.42 Å². The Labute approximate surface area is 161 Å². The lowest BCUT2D eigenvalue weighted by molar-refractivity contribution is 0.154. The van der Waals surface area contributed by atoms with E-state index in [0.717, 1.165) is 38.5 Å². The molecule has 0 spiro atoms. The highest BCUT2D eigenvalue weighted by Crippen LogP contribution is 2.65. The van der Waals surface area contributed by atoms with Crippen molar-refractivity contribution in [2.45, 2.75) is 109 Å². The second kappa shape index (κ2) is 7.06. The van der Waals surface area contributed by atoms with Crippen LogP contribution in [0, 0.1) is 23.2 Å². The summed E-state index contributed by atoms with van der Waals surface area (Å²) in [5.41, 5.74) is 0.0585. The lowest BCUT2D eigenvalue weighted by atomic mass is 9.71. The topological polar surface area (TPSA) is 37.4 Å². The lowest BCUT2D eigenvalue weighted by Gasteiger charge is -2.44. The molecule has 0 amide bonds. The van der Waals surface area contributed by atoms with E-state index in [2.05, 4.69) is 24.6 Å². The zero-order valence-electron chi connectivity index (χ0n) is 16.9. The number of fused-ring (bicyclic) bond motifs is 2. The molecule has 0 aromatic rings. The van der Waals surface area contributed by atoms with Gasteiger partial charge in [-0.2, -0.15) is 4.31 Å². The summed E-state index contributed by atoms with van der Waals surface area (Å²) in [6, 6.07) is 0.546. The number of hydrogen-bond acceptors (Lipinski definition) is 2. The molecule has 0 saturated heterocycles. The molecule has 4 heteroatoms. The van der Waals surface area contributed by atoms with Crippen molar-refractivity contribution in [2.75, 3.05) is 5.75 Å². The van der Waals surface area contributed by atoms with Gasteiger partial charge in [-0.25, -0.2) is 8.42 Å². The van der Waals surface area contributed by atoms with Crippen LogP contribution in [0.25, 0.3) is 0 Å². The lowest BCUT2D eigenvalue weighted by Crippen LogP contribution is -2.52. The first kappa shape index (κ1) is 19.2. The van der Waals surface area contributed by atoms with Crippen LogP contribution in [0.3, 0.4) is 0 Å². The number of rotatable bonds is 5. The van der Waals surface area contributed by atoms with Gasteiger partial charge in [0.1, 0.15) is 0 Å². The summed E-state index contributed by atoms with van der Waals surface area (Å²) >= 11 is 0. The summed E-state index contributed by atoms with van der Waals surface area (Å²) in [4.78, 5) is 0. The third-order valence-electron chi connectivity index (χ3n) is 8.67. The van der Waals surface area contributed by atoms with Crippen molar-refractivity contribution >= 4 is 10.0 Å². The molecule has 4 fully saturated rings. The maximum Gasteiger partial charge on any atom is 0.215 e. The Morgan fingerprint density at radius 1 is 0.885 bits per heavy atom. The Bertz CT molecular complexity index is 574. The van der Waals surface area contributed by atoms with E-state index in [-0.39, 0.29) is 22.9 Å². The highest BCUT2D eigenvalue weighted by atomic mass is 32.2. The van der Waals surface area contributed by atoms with Crippen LogP contribution in [0.15, 0.2) is 0 Å². The maximum absolute atomic E-state index is 13.9. The van der Waals surface area contributed by atoms with E-state index < -0.39 is 10.0 Å². The van der Waals surface area contributed by atoms with Crippen LogP contribution in [0.2, 0.25) is 0 Å². The van der Waals surface area contributed by atoms with Crippen molar-refractivity contribution in [3.63, 3.8) is 0 Å². The number of nitrogens with zero attached hydrogens (tertiary/aromatic N) is 1. The standard InChI is InChI=1S/C22H38NO2S/c1-21(2)18-13-15-22(21,16-14-18)17-26(24,25)23(19-9-5-3-6-10-19)20-11-7-4-8-12-20/h15,18-20H,3-14,16-17H2,1-2H3. The van der Waals surface area contributed by atoms with Gasteiger partial charge in [-0.15, -0.1) is 0 Å². The molecule has 0 aromatic carbocycles. The molecule has 4 aliphatic rings. The summed E-state index contributed by atoms with van der Waals surface area (Å²) in [6.45, 7) is 4.66. The van der Waals surface area contributed by atoms with Crippen molar-refractivity contribution in [3.8, 4) is 0 Å². The molecule has 0 N–H and O–H groups in total. The average molecular weight is 381 g/mol. The summed E-state index contributed by atoms with van der Waals surface area (Å²) in [5.74, 6) is 1.06. The molecule has 2 atom stereocenters. The van der Waals surface area contributed by atoms with Gasteiger partial charge < -0.3 is 0 Å². The maximum atomic E-state index is 13.9. The van der Waals surface area contributed by atoms with E-state index in [1.807, 2.05) is 0 Å². The Balaban J connectivity index is 1.61. The zero-order valence-corrected chi connectivity index (χ0v) is 17.7. The monoisotopic (exact) mass is 380 g/mol. The second-order valence-electron chi connectivity index (χ2n) is 10.2. The van der Waals surface area contributed by atoms with E-state index in [1.165, 1.54) is 44.9 Å². The van der Waals surface area contributed by atoms with Gasteiger partial charge in [-0.1, -0.05) is 52.4 Å². The predicted molar refractivity (Wildman–Crippen MR) is 107 cm³/mol. The third-order valence-corrected chi connectivity index (χ3v) is 10.8. The van der Waals surface area contributed by atoms with E-state index in [1.54, 1.807) is 0 Å². The first-order chi connectivity index (χ1) is 12.4. The fourth-order valence-electron chi connectivity index (χ4n) is 6.81. The molecular weight excluding hydrogens is 342 g/mol. The third kappa shape index (κ3) is 3.17. The Morgan fingerprint density at radius 3 is 1.81 bits per heavy atom. The van der Waals surface area contributed by atoms with Crippen molar-refractivity contribution in [1.82, 2.24) is 4.31 Å². The van der Waals surface area contributed by atoms with Crippen molar-refractivity contribution < 1.29 is 8.42 Å². The minimum atomic E-state index is -3.22. The van der Waals surface area contributed by atoms with Gasteiger partial charge in [0, 0.05) is 12.1 Å². The SMILES string of the molecule is CC1(C)C2C[CH]C1(CS(=O)(=O)N(C1CCCCC1)C1CCCCC1)CC2.